The highest BCUT2D eigenvalue weighted by Crippen LogP contribution is 2.12. The molecule has 1 atom stereocenters. The molecule has 17 heavy (non-hydrogen) atoms. The molecule has 1 rings (SSSR count). The number of aryl methyl sites for hydroxylation is 2. The van der Waals surface area contributed by atoms with Crippen molar-refractivity contribution >= 4 is 5.91 Å². The van der Waals surface area contributed by atoms with E-state index in [4.69, 9.17) is 5.73 Å². The number of hydrogen-bond donors (Lipinski definition) is 2. The summed E-state index contributed by atoms with van der Waals surface area (Å²) in [5.41, 5.74) is 7.94. The monoisotopic (exact) mass is 238 g/mol. The molecule has 0 bridgehead atoms. The average molecular weight is 238 g/mol. The van der Waals surface area contributed by atoms with Crippen molar-refractivity contribution in [2.24, 2.45) is 12.8 Å². The summed E-state index contributed by atoms with van der Waals surface area (Å²) >= 11 is 0. The highest BCUT2D eigenvalue weighted by molar-refractivity contribution is 5.96. The number of carbonyl (C=O) groups excluding carboxylic acids is 1. The third-order valence-corrected chi connectivity index (χ3v) is 2.99. The van der Waals surface area contributed by atoms with Crippen molar-refractivity contribution < 1.29 is 4.79 Å². The van der Waals surface area contributed by atoms with Crippen molar-refractivity contribution in [1.82, 2.24) is 15.1 Å². The summed E-state index contributed by atoms with van der Waals surface area (Å²) in [6.45, 7) is 6.29. The second kappa shape index (κ2) is 5.82. The van der Waals surface area contributed by atoms with Gasteiger partial charge in [-0.25, -0.2) is 0 Å². The Morgan fingerprint density at radius 3 is 2.59 bits per heavy atom. The summed E-state index contributed by atoms with van der Waals surface area (Å²) in [6.07, 6.45) is 1.91. The topological polar surface area (TPSA) is 72.9 Å². The molecule has 0 aliphatic rings. The molecule has 5 nitrogen and oxygen atoms in total. The van der Waals surface area contributed by atoms with Gasteiger partial charge in [-0.1, -0.05) is 13.3 Å². The van der Waals surface area contributed by atoms with Crippen LogP contribution in [0.15, 0.2) is 0 Å². The van der Waals surface area contributed by atoms with Crippen LogP contribution in [0.2, 0.25) is 0 Å². The second-order valence-electron chi connectivity index (χ2n) is 4.36. The van der Waals surface area contributed by atoms with E-state index >= 15 is 0 Å². The van der Waals surface area contributed by atoms with Crippen LogP contribution in [0.3, 0.4) is 0 Å². The maximum Gasteiger partial charge on any atom is 0.255 e. The Bertz CT molecular complexity index is 397. The van der Waals surface area contributed by atoms with Crippen LogP contribution in [0.1, 0.15) is 41.5 Å². The highest BCUT2D eigenvalue weighted by atomic mass is 16.1. The Kier molecular flexibility index (Phi) is 4.69. The smallest absolute Gasteiger partial charge is 0.255 e. The van der Waals surface area contributed by atoms with Gasteiger partial charge in [-0.2, -0.15) is 5.10 Å². The number of nitrogens with two attached hydrogens (primary N) is 1. The molecule has 5 heteroatoms. The Hall–Kier alpha value is -1.36. The summed E-state index contributed by atoms with van der Waals surface area (Å²) in [5, 5.41) is 7.20. The Morgan fingerprint density at radius 1 is 1.53 bits per heavy atom. The van der Waals surface area contributed by atoms with E-state index in [1.54, 1.807) is 4.68 Å². The van der Waals surface area contributed by atoms with Crippen molar-refractivity contribution in [3.63, 3.8) is 0 Å². The van der Waals surface area contributed by atoms with Gasteiger partial charge in [0, 0.05) is 25.3 Å². The Morgan fingerprint density at radius 2 is 2.18 bits per heavy atom. The number of amides is 1. The lowest BCUT2D eigenvalue weighted by Crippen LogP contribution is -2.40. The molecule has 1 unspecified atom stereocenters. The van der Waals surface area contributed by atoms with Gasteiger partial charge in [0.2, 0.25) is 0 Å². The second-order valence-corrected chi connectivity index (χ2v) is 4.36. The molecule has 0 saturated carbocycles. The van der Waals surface area contributed by atoms with E-state index in [0.717, 1.165) is 24.2 Å². The van der Waals surface area contributed by atoms with Gasteiger partial charge in [0.15, 0.2) is 0 Å². The van der Waals surface area contributed by atoms with Crippen molar-refractivity contribution in [2.75, 3.05) is 6.54 Å². The highest BCUT2D eigenvalue weighted by Gasteiger charge is 2.19. The minimum absolute atomic E-state index is 0.0477. The van der Waals surface area contributed by atoms with Gasteiger partial charge >= 0.3 is 0 Å². The minimum Gasteiger partial charge on any atom is -0.348 e. The van der Waals surface area contributed by atoms with Crippen molar-refractivity contribution in [3.8, 4) is 0 Å². The summed E-state index contributed by atoms with van der Waals surface area (Å²) in [4.78, 5) is 12.1. The van der Waals surface area contributed by atoms with Gasteiger partial charge < -0.3 is 11.1 Å². The number of rotatable bonds is 5. The molecule has 96 valence electrons. The minimum atomic E-state index is -0.0722. The largest absolute Gasteiger partial charge is 0.348 e. The van der Waals surface area contributed by atoms with Crippen LogP contribution in [0.4, 0.5) is 0 Å². The van der Waals surface area contributed by atoms with E-state index in [1.165, 1.54) is 0 Å². The molecule has 3 N–H and O–H groups in total. The first-order chi connectivity index (χ1) is 8.01. The van der Waals surface area contributed by atoms with E-state index in [0.29, 0.717) is 12.1 Å². The van der Waals surface area contributed by atoms with Crippen molar-refractivity contribution in [1.29, 1.82) is 0 Å². The third kappa shape index (κ3) is 3.06. The predicted molar refractivity (Wildman–Crippen MR) is 67.9 cm³/mol. The van der Waals surface area contributed by atoms with Crippen LogP contribution in [-0.4, -0.2) is 28.3 Å². The number of nitrogens with one attached hydrogen (secondary N) is 1. The molecule has 0 aliphatic heterocycles. The number of hydrogen-bond acceptors (Lipinski definition) is 3. The summed E-state index contributed by atoms with van der Waals surface area (Å²) in [6, 6.07) is 0.0477. The van der Waals surface area contributed by atoms with Crippen LogP contribution < -0.4 is 11.1 Å². The van der Waals surface area contributed by atoms with Gasteiger partial charge in [-0.3, -0.25) is 9.48 Å². The SMILES string of the molecule is CCCC(CN)NC(=O)c1c(C)nn(C)c1C. The number of carbonyl (C=O) groups is 1. The molecule has 0 spiro atoms. The van der Waals surface area contributed by atoms with E-state index in [9.17, 15) is 4.79 Å². The normalized spacial score (nSPS) is 12.5. The van der Waals surface area contributed by atoms with Gasteiger partial charge in [0.25, 0.3) is 5.91 Å². The standard InChI is InChI=1S/C12H22N4O/c1-5-6-10(7-13)14-12(17)11-8(2)15-16(4)9(11)3/h10H,5-7,13H2,1-4H3,(H,14,17). The fourth-order valence-corrected chi connectivity index (χ4v) is 1.96. The van der Waals surface area contributed by atoms with Crippen LogP contribution in [0.25, 0.3) is 0 Å². The number of aromatic nitrogens is 2. The van der Waals surface area contributed by atoms with Gasteiger partial charge in [-0.05, 0) is 20.3 Å². The lowest BCUT2D eigenvalue weighted by Gasteiger charge is -2.15. The molecule has 1 heterocycles. The fourth-order valence-electron chi connectivity index (χ4n) is 1.96. The van der Waals surface area contributed by atoms with E-state index in [2.05, 4.69) is 17.3 Å². The first-order valence-corrected chi connectivity index (χ1v) is 6.02. The molecule has 1 aromatic heterocycles. The van der Waals surface area contributed by atoms with E-state index < -0.39 is 0 Å². The van der Waals surface area contributed by atoms with E-state index in [-0.39, 0.29) is 11.9 Å². The molecule has 1 amide bonds. The molecule has 0 aliphatic carbocycles. The maximum atomic E-state index is 12.1. The van der Waals surface area contributed by atoms with Gasteiger partial charge in [0.1, 0.15) is 0 Å². The first kappa shape index (κ1) is 13.7. The average Bonchev–Trinajstić information content (AvgIpc) is 2.52. The molecular weight excluding hydrogens is 216 g/mol. The van der Waals surface area contributed by atoms with Crippen LogP contribution in [0, 0.1) is 13.8 Å². The molecular formula is C12H22N4O. The summed E-state index contributed by atoms with van der Waals surface area (Å²) in [7, 11) is 1.84. The third-order valence-electron chi connectivity index (χ3n) is 2.99. The van der Waals surface area contributed by atoms with Crippen molar-refractivity contribution in [3.05, 3.63) is 17.0 Å². The zero-order chi connectivity index (χ0) is 13.0. The Labute approximate surface area is 102 Å². The van der Waals surface area contributed by atoms with E-state index in [1.807, 2.05) is 20.9 Å². The Balaban J connectivity index is 2.82. The van der Waals surface area contributed by atoms with Gasteiger partial charge in [0.05, 0.1) is 11.3 Å². The molecule has 0 aromatic carbocycles. The molecule has 0 fully saturated rings. The molecule has 0 saturated heterocycles. The van der Waals surface area contributed by atoms with Crippen LogP contribution in [0.5, 0.6) is 0 Å². The quantitative estimate of drug-likeness (QED) is 0.800. The van der Waals surface area contributed by atoms with Gasteiger partial charge in [-0.15, -0.1) is 0 Å². The number of nitrogens with zero attached hydrogens (tertiary/aromatic N) is 2. The fraction of sp³-hybridized carbons (Fsp3) is 0.667. The van der Waals surface area contributed by atoms with Crippen molar-refractivity contribution in [2.45, 2.75) is 39.7 Å². The zero-order valence-electron chi connectivity index (χ0n) is 11.1. The summed E-state index contributed by atoms with van der Waals surface area (Å²) in [5.74, 6) is -0.0722. The molecule has 1 aromatic rings. The summed E-state index contributed by atoms with van der Waals surface area (Å²) < 4.78 is 1.72. The molecule has 0 radical (unpaired) electrons. The zero-order valence-corrected chi connectivity index (χ0v) is 11.1. The van der Waals surface area contributed by atoms with Crippen LogP contribution >= 0.6 is 0 Å². The lowest BCUT2D eigenvalue weighted by molar-refractivity contribution is 0.0935. The van der Waals surface area contributed by atoms with Crippen LogP contribution in [-0.2, 0) is 7.05 Å². The predicted octanol–water partition coefficient (Wildman–Crippen LogP) is 0.894. The maximum absolute atomic E-state index is 12.1. The first-order valence-electron chi connectivity index (χ1n) is 6.02. The lowest BCUT2D eigenvalue weighted by atomic mass is 10.1.